The van der Waals surface area contributed by atoms with Crippen molar-refractivity contribution in [1.29, 1.82) is 0 Å². The molecular formula is C28H22ClN3O4S. The normalized spacial score (nSPS) is 16.8. The van der Waals surface area contributed by atoms with Gasteiger partial charge < -0.3 is 9.84 Å². The number of hydrogen-bond donors (Lipinski definition) is 1. The molecule has 0 spiro atoms. The maximum Gasteiger partial charge on any atom is 0.301 e. The Kier molecular flexibility index (Phi) is 6.78. The summed E-state index contributed by atoms with van der Waals surface area (Å²) >= 11 is 7.27. The van der Waals surface area contributed by atoms with Crippen LogP contribution in [0, 0.1) is 13.8 Å². The van der Waals surface area contributed by atoms with Crippen LogP contribution in [0.15, 0.2) is 78.4 Å². The van der Waals surface area contributed by atoms with E-state index in [0.29, 0.717) is 33.5 Å². The molecule has 37 heavy (non-hydrogen) atoms. The fourth-order valence-electron chi connectivity index (χ4n) is 4.21. The fourth-order valence-corrected chi connectivity index (χ4v) is 5.05. The SMILES string of the molecule is Cc1cccc(COc2ccc(C(O)=C3C(=O)C(=O)N(c4nnc(C)s4)[C@@H]3c3ccc(Cl)cc3)cc2)c1. The van der Waals surface area contributed by atoms with Gasteiger partial charge in [0, 0.05) is 10.6 Å². The number of hydrogen-bond acceptors (Lipinski definition) is 7. The fraction of sp³-hybridized carbons (Fsp3) is 0.143. The van der Waals surface area contributed by atoms with E-state index in [9.17, 15) is 14.7 Å². The molecule has 0 saturated carbocycles. The van der Waals surface area contributed by atoms with Crippen molar-refractivity contribution in [3.05, 3.63) is 111 Å². The molecule has 1 fully saturated rings. The molecule has 2 heterocycles. The maximum absolute atomic E-state index is 13.2. The topological polar surface area (TPSA) is 92.6 Å². The van der Waals surface area contributed by atoms with Gasteiger partial charge in [-0.05, 0) is 61.4 Å². The van der Waals surface area contributed by atoms with Crippen molar-refractivity contribution >= 4 is 45.5 Å². The lowest BCUT2D eigenvalue weighted by atomic mass is 9.95. The molecule has 0 radical (unpaired) electrons. The molecule has 9 heteroatoms. The molecule has 0 bridgehead atoms. The molecule has 1 aliphatic heterocycles. The summed E-state index contributed by atoms with van der Waals surface area (Å²) in [6.07, 6.45) is 0. The number of ketones is 1. The molecule has 1 atom stereocenters. The number of rotatable bonds is 6. The van der Waals surface area contributed by atoms with Gasteiger partial charge in [0.25, 0.3) is 5.78 Å². The highest BCUT2D eigenvalue weighted by Gasteiger charge is 2.48. The minimum Gasteiger partial charge on any atom is -0.507 e. The molecule has 1 amide bonds. The number of benzene rings is 3. The Morgan fingerprint density at radius 1 is 1.03 bits per heavy atom. The second kappa shape index (κ2) is 10.2. The number of carbonyl (C=O) groups excluding carboxylic acids is 2. The van der Waals surface area contributed by atoms with E-state index in [1.807, 2.05) is 25.1 Å². The molecule has 186 valence electrons. The third kappa shape index (κ3) is 4.98. The number of aryl methyl sites for hydroxylation is 2. The molecule has 1 N–H and O–H groups in total. The van der Waals surface area contributed by atoms with Gasteiger partial charge in [-0.2, -0.15) is 0 Å². The highest BCUT2D eigenvalue weighted by atomic mass is 35.5. The Bertz CT molecular complexity index is 1510. The zero-order valence-electron chi connectivity index (χ0n) is 20.0. The van der Waals surface area contributed by atoms with Crippen LogP contribution in [0.3, 0.4) is 0 Å². The Balaban J connectivity index is 1.50. The van der Waals surface area contributed by atoms with E-state index in [0.717, 1.165) is 11.1 Å². The predicted octanol–water partition coefficient (Wildman–Crippen LogP) is 6.01. The average molecular weight is 532 g/mol. The molecule has 7 nitrogen and oxygen atoms in total. The van der Waals surface area contributed by atoms with E-state index in [1.165, 1.54) is 16.2 Å². The lowest BCUT2D eigenvalue weighted by molar-refractivity contribution is -0.132. The number of nitrogens with zero attached hydrogens (tertiary/aromatic N) is 3. The average Bonchev–Trinajstić information content (AvgIpc) is 3.43. The lowest BCUT2D eigenvalue weighted by Crippen LogP contribution is -2.29. The van der Waals surface area contributed by atoms with E-state index in [-0.39, 0.29) is 16.5 Å². The number of carbonyl (C=O) groups is 2. The summed E-state index contributed by atoms with van der Waals surface area (Å²) in [5.74, 6) is -1.26. The van der Waals surface area contributed by atoms with Crippen molar-refractivity contribution in [1.82, 2.24) is 10.2 Å². The van der Waals surface area contributed by atoms with Gasteiger partial charge in [-0.3, -0.25) is 14.5 Å². The van der Waals surface area contributed by atoms with Crippen molar-refractivity contribution in [2.45, 2.75) is 26.5 Å². The summed E-state index contributed by atoms with van der Waals surface area (Å²) < 4.78 is 5.87. The van der Waals surface area contributed by atoms with Crippen LogP contribution in [-0.4, -0.2) is 27.0 Å². The Labute approximate surface area is 222 Å². The summed E-state index contributed by atoms with van der Waals surface area (Å²) in [7, 11) is 0. The minimum atomic E-state index is -0.887. The molecular weight excluding hydrogens is 510 g/mol. The lowest BCUT2D eigenvalue weighted by Gasteiger charge is -2.22. The number of aliphatic hydroxyl groups excluding tert-OH is 1. The smallest absolute Gasteiger partial charge is 0.301 e. The van der Waals surface area contributed by atoms with Gasteiger partial charge in [0.2, 0.25) is 5.13 Å². The Hall–Kier alpha value is -4.01. The summed E-state index contributed by atoms with van der Waals surface area (Å²) in [6, 6.07) is 20.7. The molecule has 1 saturated heterocycles. The molecule has 0 aliphatic carbocycles. The third-order valence-electron chi connectivity index (χ3n) is 5.97. The van der Waals surface area contributed by atoms with Gasteiger partial charge >= 0.3 is 5.91 Å². The van der Waals surface area contributed by atoms with Crippen molar-refractivity contribution in [3.63, 3.8) is 0 Å². The molecule has 5 rings (SSSR count). The Morgan fingerprint density at radius 3 is 2.41 bits per heavy atom. The van der Waals surface area contributed by atoms with Crippen LogP contribution in [0.25, 0.3) is 5.76 Å². The number of amides is 1. The number of ether oxygens (including phenoxy) is 1. The number of aromatic nitrogens is 2. The second-order valence-corrected chi connectivity index (χ2v) is 10.2. The Morgan fingerprint density at radius 2 is 1.76 bits per heavy atom. The van der Waals surface area contributed by atoms with E-state index in [4.69, 9.17) is 16.3 Å². The quantitative estimate of drug-likeness (QED) is 0.186. The predicted molar refractivity (Wildman–Crippen MR) is 143 cm³/mol. The van der Waals surface area contributed by atoms with Gasteiger partial charge in [-0.25, -0.2) is 0 Å². The minimum absolute atomic E-state index is 0.0337. The number of halogens is 1. The highest BCUT2D eigenvalue weighted by Crippen LogP contribution is 2.43. The van der Waals surface area contributed by atoms with Gasteiger partial charge in [-0.1, -0.05) is 64.9 Å². The van der Waals surface area contributed by atoms with Gasteiger partial charge in [0.15, 0.2) is 0 Å². The van der Waals surface area contributed by atoms with Crippen LogP contribution < -0.4 is 9.64 Å². The van der Waals surface area contributed by atoms with Crippen molar-refractivity contribution in [2.24, 2.45) is 0 Å². The first-order valence-electron chi connectivity index (χ1n) is 11.5. The van der Waals surface area contributed by atoms with Crippen LogP contribution in [0.5, 0.6) is 5.75 Å². The standard InChI is InChI=1S/C28H22ClN3O4S/c1-16-4-3-5-18(14-16)15-36-22-12-8-20(9-13-22)25(33)23-24(19-6-10-21(29)11-7-19)32(27(35)26(23)34)28-31-30-17(2)37-28/h3-14,24,33H,15H2,1-2H3/t24-/m1/s1. The van der Waals surface area contributed by atoms with Crippen LogP contribution in [0.1, 0.15) is 33.3 Å². The van der Waals surface area contributed by atoms with E-state index >= 15 is 0 Å². The molecule has 0 unspecified atom stereocenters. The summed E-state index contributed by atoms with van der Waals surface area (Å²) in [5, 5.41) is 20.8. The third-order valence-corrected chi connectivity index (χ3v) is 7.06. The molecule has 1 aliphatic rings. The van der Waals surface area contributed by atoms with E-state index < -0.39 is 17.7 Å². The van der Waals surface area contributed by atoms with Crippen molar-refractivity contribution in [3.8, 4) is 5.75 Å². The van der Waals surface area contributed by atoms with Crippen molar-refractivity contribution < 1.29 is 19.4 Å². The first kappa shape index (κ1) is 24.7. The van der Waals surface area contributed by atoms with Gasteiger partial charge in [0.1, 0.15) is 23.1 Å². The summed E-state index contributed by atoms with van der Waals surface area (Å²) in [4.78, 5) is 27.6. The zero-order chi connectivity index (χ0) is 26.1. The van der Waals surface area contributed by atoms with Gasteiger partial charge in [-0.15, -0.1) is 10.2 Å². The van der Waals surface area contributed by atoms with Crippen LogP contribution in [0.2, 0.25) is 5.02 Å². The van der Waals surface area contributed by atoms with Gasteiger partial charge in [0.05, 0.1) is 11.6 Å². The summed E-state index contributed by atoms with van der Waals surface area (Å²) in [6.45, 7) is 4.18. The molecule has 3 aromatic carbocycles. The first-order chi connectivity index (χ1) is 17.8. The maximum atomic E-state index is 13.2. The van der Waals surface area contributed by atoms with Crippen LogP contribution in [-0.2, 0) is 16.2 Å². The number of aliphatic hydroxyl groups is 1. The summed E-state index contributed by atoms with van der Waals surface area (Å²) in [5.41, 5.74) is 3.15. The highest BCUT2D eigenvalue weighted by molar-refractivity contribution is 7.15. The van der Waals surface area contributed by atoms with Crippen molar-refractivity contribution in [2.75, 3.05) is 4.90 Å². The zero-order valence-corrected chi connectivity index (χ0v) is 21.6. The number of anilines is 1. The monoisotopic (exact) mass is 531 g/mol. The number of Topliss-reactive ketones (excluding diaryl/α,β-unsaturated/α-hetero) is 1. The van der Waals surface area contributed by atoms with Crippen LogP contribution in [0.4, 0.5) is 5.13 Å². The van der Waals surface area contributed by atoms with E-state index in [1.54, 1.807) is 55.5 Å². The largest absolute Gasteiger partial charge is 0.507 e. The molecule has 1 aromatic heterocycles. The molecule has 4 aromatic rings. The van der Waals surface area contributed by atoms with E-state index in [2.05, 4.69) is 16.3 Å². The second-order valence-electron chi connectivity index (χ2n) is 8.63. The van der Waals surface area contributed by atoms with Crippen LogP contribution >= 0.6 is 22.9 Å². The first-order valence-corrected chi connectivity index (χ1v) is 12.7.